The van der Waals surface area contributed by atoms with Crippen LogP contribution in [0, 0.1) is 0 Å². The number of nitrogen functional groups attached to an aromatic ring is 1. The van der Waals surface area contributed by atoms with Crippen molar-refractivity contribution in [3.63, 3.8) is 0 Å². The van der Waals surface area contributed by atoms with E-state index in [0.717, 1.165) is 6.42 Å². The van der Waals surface area contributed by atoms with E-state index in [0.29, 0.717) is 22.8 Å². The minimum atomic E-state index is -0.853. The van der Waals surface area contributed by atoms with Crippen molar-refractivity contribution >= 4 is 28.9 Å². The summed E-state index contributed by atoms with van der Waals surface area (Å²) in [6, 6.07) is 4.46. The van der Waals surface area contributed by atoms with Gasteiger partial charge in [0.05, 0.1) is 11.4 Å². The molecule has 0 aliphatic carbocycles. The second-order valence-electron chi connectivity index (χ2n) is 3.96. The third-order valence-corrected chi connectivity index (χ3v) is 2.92. The van der Waals surface area contributed by atoms with Gasteiger partial charge >= 0.3 is 5.97 Å². The second-order valence-corrected chi connectivity index (χ2v) is 4.39. The van der Waals surface area contributed by atoms with E-state index in [2.05, 4.69) is 0 Å². The molecular formula is C12H17ClN2O2. The van der Waals surface area contributed by atoms with Gasteiger partial charge in [0, 0.05) is 12.1 Å². The number of benzene rings is 1. The first-order valence-corrected chi connectivity index (χ1v) is 5.85. The maximum absolute atomic E-state index is 11.2. The van der Waals surface area contributed by atoms with Gasteiger partial charge in [0.25, 0.3) is 0 Å². The van der Waals surface area contributed by atoms with Gasteiger partial charge in [-0.05, 0) is 24.6 Å². The van der Waals surface area contributed by atoms with E-state index in [1.807, 2.05) is 6.92 Å². The van der Waals surface area contributed by atoms with Gasteiger partial charge in [0.2, 0.25) is 0 Å². The highest BCUT2D eigenvalue weighted by atomic mass is 35.5. The van der Waals surface area contributed by atoms with Gasteiger partial charge in [-0.3, -0.25) is 0 Å². The summed E-state index contributed by atoms with van der Waals surface area (Å²) >= 11 is 5.89. The summed E-state index contributed by atoms with van der Waals surface area (Å²) in [6.45, 7) is 1.95. The smallest absolute Gasteiger partial charge is 0.326 e. The lowest BCUT2D eigenvalue weighted by Gasteiger charge is -2.27. The lowest BCUT2D eigenvalue weighted by Crippen LogP contribution is -2.38. The van der Waals surface area contributed by atoms with Crippen LogP contribution in [0.4, 0.5) is 11.4 Å². The third kappa shape index (κ3) is 3.27. The van der Waals surface area contributed by atoms with E-state index in [9.17, 15) is 9.90 Å². The molecule has 0 spiro atoms. The number of carboxylic acid groups (broad SMARTS) is 1. The van der Waals surface area contributed by atoms with E-state index < -0.39 is 12.0 Å². The number of carbonyl (C=O) groups is 1. The topological polar surface area (TPSA) is 66.6 Å². The van der Waals surface area contributed by atoms with Gasteiger partial charge in [0.15, 0.2) is 0 Å². The maximum Gasteiger partial charge on any atom is 0.326 e. The maximum atomic E-state index is 11.2. The van der Waals surface area contributed by atoms with Crippen LogP contribution in [0.1, 0.15) is 19.8 Å². The number of nitrogens with zero attached hydrogens (tertiary/aromatic N) is 1. The molecule has 0 radical (unpaired) electrons. The number of likely N-dealkylation sites (N-methyl/N-ethyl adjacent to an activating group) is 1. The predicted octanol–water partition coefficient (Wildman–Crippen LogP) is 2.61. The Balaban J connectivity index is 3.04. The van der Waals surface area contributed by atoms with Crippen LogP contribution in [0.3, 0.4) is 0 Å². The van der Waals surface area contributed by atoms with Gasteiger partial charge in [-0.1, -0.05) is 24.9 Å². The molecule has 0 aromatic heterocycles. The Morgan fingerprint density at radius 3 is 2.76 bits per heavy atom. The number of halogens is 1. The van der Waals surface area contributed by atoms with Gasteiger partial charge < -0.3 is 15.7 Å². The highest BCUT2D eigenvalue weighted by molar-refractivity contribution is 6.31. The first-order chi connectivity index (χ1) is 7.97. The number of carboxylic acids is 1. The number of anilines is 2. The molecule has 3 N–H and O–H groups in total. The van der Waals surface area contributed by atoms with Crippen molar-refractivity contribution < 1.29 is 9.90 Å². The quantitative estimate of drug-likeness (QED) is 0.795. The Morgan fingerprint density at radius 1 is 1.59 bits per heavy atom. The van der Waals surface area contributed by atoms with E-state index in [4.69, 9.17) is 17.3 Å². The second kappa shape index (κ2) is 5.77. The molecule has 5 heteroatoms. The normalized spacial score (nSPS) is 12.2. The summed E-state index contributed by atoms with van der Waals surface area (Å²) < 4.78 is 0. The largest absolute Gasteiger partial charge is 0.480 e. The van der Waals surface area contributed by atoms with Crippen LogP contribution in [0.2, 0.25) is 5.02 Å². The summed E-state index contributed by atoms with van der Waals surface area (Å²) in [4.78, 5) is 12.8. The zero-order valence-corrected chi connectivity index (χ0v) is 10.7. The molecule has 1 rings (SSSR count). The van der Waals surface area contributed by atoms with Crippen LogP contribution in [0.25, 0.3) is 0 Å². The molecule has 0 amide bonds. The number of aliphatic carboxylic acids is 1. The fraction of sp³-hybridized carbons (Fsp3) is 0.417. The molecule has 0 bridgehead atoms. The van der Waals surface area contributed by atoms with Crippen molar-refractivity contribution in [3.8, 4) is 0 Å². The van der Waals surface area contributed by atoms with Crippen LogP contribution < -0.4 is 10.6 Å². The lowest BCUT2D eigenvalue weighted by atomic mass is 10.1. The van der Waals surface area contributed by atoms with E-state index in [1.54, 1.807) is 30.1 Å². The van der Waals surface area contributed by atoms with Crippen LogP contribution >= 0.6 is 11.6 Å². The Hall–Kier alpha value is -1.42. The monoisotopic (exact) mass is 256 g/mol. The molecule has 1 unspecified atom stereocenters. The molecular weight excluding hydrogens is 240 g/mol. The van der Waals surface area contributed by atoms with Crippen LogP contribution in [0.15, 0.2) is 18.2 Å². The van der Waals surface area contributed by atoms with Gasteiger partial charge in [-0.15, -0.1) is 0 Å². The summed E-state index contributed by atoms with van der Waals surface area (Å²) in [7, 11) is 1.72. The number of nitrogens with two attached hydrogens (primary N) is 1. The Labute approximate surface area is 106 Å². The lowest BCUT2D eigenvalue weighted by molar-refractivity contribution is -0.138. The number of hydrogen-bond donors (Lipinski definition) is 2. The summed E-state index contributed by atoms with van der Waals surface area (Å²) in [6.07, 6.45) is 1.36. The average molecular weight is 257 g/mol. The van der Waals surface area contributed by atoms with Gasteiger partial charge in [0.1, 0.15) is 6.04 Å². The molecule has 0 saturated carbocycles. The van der Waals surface area contributed by atoms with Crippen molar-refractivity contribution in [2.24, 2.45) is 0 Å². The molecule has 0 aliphatic heterocycles. The molecule has 1 aromatic rings. The van der Waals surface area contributed by atoms with E-state index in [1.165, 1.54) is 0 Å². The molecule has 1 atom stereocenters. The van der Waals surface area contributed by atoms with Crippen molar-refractivity contribution in [1.29, 1.82) is 0 Å². The molecule has 94 valence electrons. The molecule has 0 fully saturated rings. The van der Waals surface area contributed by atoms with Crippen LogP contribution in [-0.2, 0) is 4.79 Å². The van der Waals surface area contributed by atoms with Crippen molar-refractivity contribution in [1.82, 2.24) is 0 Å². The summed E-state index contributed by atoms with van der Waals surface area (Å²) in [5.41, 5.74) is 7.01. The van der Waals surface area contributed by atoms with Crippen molar-refractivity contribution in [2.45, 2.75) is 25.8 Å². The fourth-order valence-corrected chi connectivity index (χ4v) is 1.91. The highest BCUT2D eigenvalue weighted by Gasteiger charge is 2.23. The minimum absolute atomic E-state index is 0.527. The van der Waals surface area contributed by atoms with Crippen molar-refractivity contribution in [3.05, 3.63) is 23.2 Å². The Kier molecular flexibility index (Phi) is 4.63. The van der Waals surface area contributed by atoms with E-state index in [-0.39, 0.29) is 0 Å². The van der Waals surface area contributed by atoms with Crippen molar-refractivity contribution in [2.75, 3.05) is 17.7 Å². The third-order valence-electron chi connectivity index (χ3n) is 2.69. The molecule has 17 heavy (non-hydrogen) atoms. The zero-order chi connectivity index (χ0) is 13.0. The highest BCUT2D eigenvalue weighted by Crippen LogP contribution is 2.28. The Morgan fingerprint density at radius 2 is 2.24 bits per heavy atom. The standard InChI is InChI=1S/C12H17ClN2O2/c1-3-4-10(12(16)17)15(2)11-7-8(13)5-6-9(11)14/h5-7,10H,3-4,14H2,1-2H3,(H,16,17). The zero-order valence-electron chi connectivity index (χ0n) is 9.98. The number of hydrogen-bond acceptors (Lipinski definition) is 3. The molecule has 1 aromatic carbocycles. The summed E-state index contributed by atoms with van der Waals surface area (Å²) in [5.74, 6) is -0.853. The summed E-state index contributed by atoms with van der Waals surface area (Å²) in [5, 5.41) is 9.72. The minimum Gasteiger partial charge on any atom is -0.480 e. The van der Waals surface area contributed by atoms with Gasteiger partial charge in [-0.25, -0.2) is 4.79 Å². The predicted molar refractivity (Wildman–Crippen MR) is 70.6 cm³/mol. The van der Waals surface area contributed by atoms with E-state index >= 15 is 0 Å². The van der Waals surface area contributed by atoms with Gasteiger partial charge in [-0.2, -0.15) is 0 Å². The Bertz CT molecular complexity index is 409. The fourth-order valence-electron chi connectivity index (χ4n) is 1.75. The molecule has 0 heterocycles. The first kappa shape index (κ1) is 13.6. The molecule has 0 aliphatic rings. The van der Waals surface area contributed by atoms with Crippen LogP contribution in [-0.4, -0.2) is 24.2 Å². The average Bonchev–Trinajstić information content (AvgIpc) is 2.28. The number of rotatable bonds is 5. The SMILES string of the molecule is CCCC(C(=O)O)N(C)c1cc(Cl)ccc1N. The molecule has 0 saturated heterocycles. The van der Waals surface area contributed by atoms with Crippen LogP contribution in [0.5, 0.6) is 0 Å². The molecule has 4 nitrogen and oxygen atoms in total. The first-order valence-electron chi connectivity index (χ1n) is 5.48.